The average Bonchev–Trinajstić information content (AvgIpc) is 3.14. The van der Waals surface area contributed by atoms with Gasteiger partial charge in [0.05, 0.1) is 30.7 Å². The molecule has 0 aliphatic carbocycles. The number of Topliss-reactive ketones (excluding diaryl/α,β-unsaturated/α-hetero) is 1. The Morgan fingerprint density at radius 2 is 1.92 bits per heavy atom. The van der Waals surface area contributed by atoms with Gasteiger partial charge >= 0.3 is 0 Å². The van der Waals surface area contributed by atoms with Gasteiger partial charge < -0.3 is 9.47 Å². The van der Waals surface area contributed by atoms with Crippen molar-refractivity contribution in [1.82, 2.24) is 20.2 Å². The number of carbonyl (C=O) groups excluding carboxylic acids is 1. The number of ketones is 1. The number of benzene rings is 2. The molecule has 3 rings (SSSR count). The van der Waals surface area contributed by atoms with Crippen LogP contribution in [0.5, 0.6) is 11.5 Å². The maximum atomic E-state index is 12.4. The molecule has 0 bridgehead atoms. The van der Waals surface area contributed by atoms with Crippen LogP contribution in [0.15, 0.2) is 47.6 Å². The van der Waals surface area contributed by atoms with E-state index < -0.39 is 0 Å². The fourth-order valence-corrected chi connectivity index (χ4v) is 3.25. The third-order valence-corrected chi connectivity index (χ3v) is 4.78. The summed E-state index contributed by atoms with van der Waals surface area (Å²) in [5.74, 6) is 1.37. The summed E-state index contributed by atoms with van der Waals surface area (Å²) in [7, 11) is 3.13. The molecule has 26 heavy (non-hydrogen) atoms. The third kappa shape index (κ3) is 3.97. The fourth-order valence-electron chi connectivity index (χ4n) is 2.21. The number of carbonyl (C=O) groups is 1. The van der Waals surface area contributed by atoms with E-state index in [9.17, 15) is 4.79 Å². The minimum absolute atomic E-state index is 0.0798. The summed E-state index contributed by atoms with van der Waals surface area (Å²) >= 11 is 7.32. The second-order valence-corrected chi connectivity index (χ2v) is 6.48. The summed E-state index contributed by atoms with van der Waals surface area (Å²) < 4.78 is 11.8. The van der Waals surface area contributed by atoms with Crippen LogP contribution >= 0.6 is 23.4 Å². The SMILES string of the molecule is COc1ccc(-n2nnnc2SCC(=O)c2ccc(OC)c(Cl)c2)cc1. The van der Waals surface area contributed by atoms with Gasteiger partial charge in [-0.15, -0.1) is 5.10 Å². The second kappa shape index (κ2) is 8.20. The lowest BCUT2D eigenvalue weighted by atomic mass is 10.1. The molecule has 9 heteroatoms. The predicted octanol–water partition coefficient (Wildman–Crippen LogP) is 3.31. The van der Waals surface area contributed by atoms with Crippen molar-refractivity contribution >= 4 is 29.1 Å². The number of thioether (sulfide) groups is 1. The standard InChI is InChI=1S/C17H15ClN4O3S/c1-24-13-6-4-12(5-7-13)22-17(19-20-21-22)26-10-15(23)11-3-8-16(25-2)14(18)9-11/h3-9H,10H2,1-2H3. The number of tetrazole rings is 1. The largest absolute Gasteiger partial charge is 0.497 e. The number of hydrogen-bond acceptors (Lipinski definition) is 7. The predicted molar refractivity (Wildman–Crippen MR) is 98.8 cm³/mol. The molecule has 0 fully saturated rings. The van der Waals surface area contributed by atoms with Gasteiger partial charge in [-0.05, 0) is 52.9 Å². The zero-order valence-corrected chi connectivity index (χ0v) is 15.6. The molecule has 3 aromatic rings. The number of hydrogen-bond donors (Lipinski definition) is 0. The van der Waals surface area contributed by atoms with E-state index in [2.05, 4.69) is 15.5 Å². The molecule has 0 atom stereocenters. The van der Waals surface area contributed by atoms with E-state index in [0.29, 0.717) is 21.5 Å². The topological polar surface area (TPSA) is 79.1 Å². The maximum Gasteiger partial charge on any atom is 0.214 e. The summed E-state index contributed by atoms with van der Waals surface area (Å²) in [5.41, 5.74) is 1.28. The van der Waals surface area contributed by atoms with E-state index in [1.165, 1.54) is 18.9 Å². The minimum Gasteiger partial charge on any atom is -0.497 e. The molecular formula is C17H15ClN4O3S. The Hall–Kier alpha value is -2.58. The van der Waals surface area contributed by atoms with E-state index in [-0.39, 0.29) is 11.5 Å². The summed E-state index contributed by atoms with van der Waals surface area (Å²) in [4.78, 5) is 12.4. The van der Waals surface area contributed by atoms with Gasteiger partial charge in [0.2, 0.25) is 5.16 Å². The first kappa shape index (κ1) is 18.2. The molecule has 1 heterocycles. The smallest absolute Gasteiger partial charge is 0.214 e. The van der Waals surface area contributed by atoms with Crippen molar-refractivity contribution < 1.29 is 14.3 Å². The van der Waals surface area contributed by atoms with Crippen LogP contribution < -0.4 is 9.47 Å². The molecule has 0 aliphatic rings. The van der Waals surface area contributed by atoms with Crippen molar-refractivity contribution in [2.45, 2.75) is 5.16 Å². The first-order chi connectivity index (χ1) is 12.6. The van der Waals surface area contributed by atoms with Crippen LogP contribution in [0.3, 0.4) is 0 Å². The number of aromatic nitrogens is 4. The number of halogens is 1. The Morgan fingerprint density at radius 1 is 1.15 bits per heavy atom. The molecule has 2 aromatic carbocycles. The summed E-state index contributed by atoms with van der Waals surface area (Å²) in [6.45, 7) is 0. The molecule has 0 unspecified atom stereocenters. The van der Waals surface area contributed by atoms with Crippen molar-refractivity contribution in [3.8, 4) is 17.2 Å². The highest BCUT2D eigenvalue weighted by Crippen LogP contribution is 2.26. The highest BCUT2D eigenvalue weighted by molar-refractivity contribution is 7.99. The first-order valence-electron chi connectivity index (χ1n) is 7.54. The van der Waals surface area contributed by atoms with Crippen molar-refractivity contribution in [2.24, 2.45) is 0 Å². The van der Waals surface area contributed by atoms with Crippen LogP contribution in [-0.2, 0) is 0 Å². The van der Waals surface area contributed by atoms with Gasteiger partial charge in [-0.2, -0.15) is 4.68 Å². The van der Waals surface area contributed by atoms with Crippen molar-refractivity contribution in [2.75, 3.05) is 20.0 Å². The molecule has 0 spiro atoms. The Morgan fingerprint density at radius 3 is 2.58 bits per heavy atom. The lowest BCUT2D eigenvalue weighted by Gasteiger charge is -2.06. The van der Waals surface area contributed by atoms with E-state index in [0.717, 1.165) is 11.4 Å². The molecule has 0 saturated heterocycles. The van der Waals surface area contributed by atoms with Crippen molar-refractivity contribution in [3.63, 3.8) is 0 Å². The zero-order chi connectivity index (χ0) is 18.5. The fraction of sp³-hybridized carbons (Fsp3) is 0.176. The van der Waals surface area contributed by atoms with Gasteiger partial charge in [-0.3, -0.25) is 4.79 Å². The summed E-state index contributed by atoms with van der Waals surface area (Å²) in [6, 6.07) is 12.2. The minimum atomic E-state index is -0.0798. The number of ether oxygens (including phenoxy) is 2. The molecular weight excluding hydrogens is 376 g/mol. The quantitative estimate of drug-likeness (QED) is 0.452. The summed E-state index contributed by atoms with van der Waals surface area (Å²) in [5, 5.41) is 12.6. The third-order valence-electron chi connectivity index (χ3n) is 3.56. The normalized spacial score (nSPS) is 10.6. The van der Waals surface area contributed by atoms with E-state index in [1.54, 1.807) is 30.0 Å². The van der Waals surface area contributed by atoms with Gasteiger partial charge in [-0.25, -0.2) is 0 Å². The van der Waals surface area contributed by atoms with Crippen LogP contribution in [0.1, 0.15) is 10.4 Å². The number of nitrogens with zero attached hydrogens (tertiary/aromatic N) is 4. The Kier molecular flexibility index (Phi) is 5.75. The highest BCUT2D eigenvalue weighted by Gasteiger charge is 2.14. The number of methoxy groups -OCH3 is 2. The van der Waals surface area contributed by atoms with Crippen LogP contribution in [-0.4, -0.2) is 46.0 Å². The van der Waals surface area contributed by atoms with E-state index in [4.69, 9.17) is 21.1 Å². The Balaban J connectivity index is 1.71. The molecule has 1 aromatic heterocycles. The molecule has 134 valence electrons. The van der Waals surface area contributed by atoms with Crippen LogP contribution in [0.4, 0.5) is 0 Å². The highest BCUT2D eigenvalue weighted by atomic mass is 35.5. The molecule has 7 nitrogen and oxygen atoms in total. The van der Waals surface area contributed by atoms with Gasteiger partial charge in [0.25, 0.3) is 0 Å². The Bertz CT molecular complexity index is 915. The maximum absolute atomic E-state index is 12.4. The lowest BCUT2D eigenvalue weighted by Crippen LogP contribution is -2.05. The molecule has 0 saturated carbocycles. The van der Waals surface area contributed by atoms with E-state index >= 15 is 0 Å². The van der Waals surface area contributed by atoms with Gasteiger partial charge in [0, 0.05) is 5.56 Å². The molecule has 0 N–H and O–H groups in total. The zero-order valence-electron chi connectivity index (χ0n) is 14.0. The van der Waals surface area contributed by atoms with Crippen LogP contribution in [0.2, 0.25) is 5.02 Å². The van der Waals surface area contributed by atoms with Crippen molar-refractivity contribution in [3.05, 3.63) is 53.1 Å². The average molecular weight is 391 g/mol. The van der Waals surface area contributed by atoms with Crippen molar-refractivity contribution in [1.29, 1.82) is 0 Å². The Labute approximate surface area is 159 Å². The van der Waals surface area contributed by atoms with Crippen LogP contribution in [0, 0.1) is 0 Å². The lowest BCUT2D eigenvalue weighted by molar-refractivity contribution is 0.102. The first-order valence-corrected chi connectivity index (χ1v) is 8.91. The molecule has 0 aliphatic heterocycles. The second-order valence-electron chi connectivity index (χ2n) is 5.13. The van der Waals surface area contributed by atoms with Gasteiger partial charge in [0.15, 0.2) is 5.78 Å². The summed E-state index contributed by atoms with van der Waals surface area (Å²) in [6.07, 6.45) is 0. The monoisotopic (exact) mass is 390 g/mol. The molecule has 0 amide bonds. The van der Waals surface area contributed by atoms with Gasteiger partial charge in [0.1, 0.15) is 11.5 Å². The number of rotatable bonds is 7. The van der Waals surface area contributed by atoms with Gasteiger partial charge in [-0.1, -0.05) is 23.4 Å². The van der Waals surface area contributed by atoms with Crippen LogP contribution in [0.25, 0.3) is 5.69 Å². The van der Waals surface area contributed by atoms with E-state index in [1.807, 2.05) is 24.3 Å². The molecule has 0 radical (unpaired) electrons.